The van der Waals surface area contributed by atoms with Gasteiger partial charge in [-0.15, -0.1) is 0 Å². The van der Waals surface area contributed by atoms with Crippen molar-refractivity contribution in [2.24, 2.45) is 5.73 Å². The van der Waals surface area contributed by atoms with Gasteiger partial charge in [-0.2, -0.15) is 0 Å². The summed E-state index contributed by atoms with van der Waals surface area (Å²) in [6, 6.07) is 0. The van der Waals surface area contributed by atoms with Crippen LogP contribution in [-0.4, -0.2) is 26.2 Å². The van der Waals surface area contributed by atoms with Crippen LogP contribution in [0.1, 0.15) is 31.3 Å². The van der Waals surface area contributed by atoms with E-state index in [-0.39, 0.29) is 0 Å². The summed E-state index contributed by atoms with van der Waals surface area (Å²) in [6.07, 6.45) is 3.15. The molecule has 1 rings (SSSR count). The van der Waals surface area contributed by atoms with Gasteiger partial charge in [0.05, 0.1) is 5.69 Å². The normalized spacial score (nSPS) is 14.8. The molecule has 0 aliphatic rings. The number of hydrogen-bond donors (Lipinski definition) is 2. The van der Waals surface area contributed by atoms with Crippen molar-refractivity contribution in [1.29, 1.82) is 0 Å². The molecule has 0 amide bonds. The molecule has 0 fully saturated rings. The van der Waals surface area contributed by atoms with Crippen LogP contribution in [0, 0.1) is 13.8 Å². The lowest BCUT2D eigenvalue weighted by molar-refractivity contribution is -0.142. The van der Waals surface area contributed by atoms with E-state index in [9.17, 15) is 4.79 Å². The van der Waals surface area contributed by atoms with E-state index >= 15 is 0 Å². The highest BCUT2D eigenvalue weighted by Crippen LogP contribution is 2.11. The molecule has 0 aliphatic heterocycles. The van der Waals surface area contributed by atoms with Crippen LogP contribution in [0.3, 0.4) is 0 Å². The highest BCUT2D eigenvalue weighted by Gasteiger charge is 2.26. The molecule has 0 aromatic carbocycles. The Labute approximate surface area is 95.3 Å². The van der Waals surface area contributed by atoms with E-state index in [4.69, 9.17) is 10.8 Å². The van der Waals surface area contributed by atoms with Crippen LogP contribution < -0.4 is 5.73 Å². The zero-order chi connectivity index (χ0) is 12.3. The van der Waals surface area contributed by atoms with Gasteiger partial charge in [0.1, 0.15) is 11.4 Å². The molecular weight excluding hydrogens is 206 g/mol. The van der Waals surface area contributed by atoms with Gasteiger partial charge in [-0.05, 0) is 33.6 Å². The van der Waals surface area contributed by atoms with Crippen molar-refractivity contribution in [3.63, 3.8) is 0 Å². The summed E-state index contributed by atoms with van der Waals surface area (Å²) in [5.41, 5.74) is 5.49. The number of carboxylic acid groups (broad SMARTS) is 1. The summed E-state index contributed by atoms with van der Waals surface area (Å²) in [6.45, 7) is 6.17. The van der Waals surface area contributed by atoms with E-state index in [1.807, 2.05) is 24.6 Å². The van der Waals surface area contributed by atoms with Crippen LogP contribution in [0.4, 0.5) is 0 Å². The molecule has 16 heavy (non-hydrogen) atoms. The second-order valence-corrected chi connectivity index (χ2v) is 4.45. The van der Waals surface area contributed by atoms with Crippen LogP contribution in [0.25, 0.3) is 0 Å². The van der Waals surface area contributed by atoms with E-state index in [0.717, 1.165) is 24.5 Å². The number of nitrogens with zero attached hydrogens (tertiary/aromatic N) is 2. The number of imidazole rings is 1. The zero-order valence-corrected chi connectivity index (χ0v) is 10.0. The maximum Gasteiger partial charge on any atom is 0.323 e. The number of aromatic nitrogens is 2. The Kier molecular flexibility index (Phi) is 3.70. The molecule has 0 radical (unpaired) electrons. The first-order valence-electron chi connectivity index (χ1n) is 5.35. The molecule has 3 N–H and O–H groups in total. The van der Waals surface area contributed by atoms with Crippen molar-refractivity contribution in [2.75, 3.05) is 0 Å². The average molecular weight is 225 g/mol. The number of aryl methyl sites for hydroxylation is 3. The van der Waals surface area contributed by atoms with Gasteiger partial charge in [0.25, 0.3) is 0 Å². The van der Waals surface area contributed by atoms with Crippen molar-refractivity contribution in [3.05, 3.63) is 17.7 Å². The minimum absolute atomic E-state index is 0.457. The second kappa shape index (κ2) is 4.65. The fourth-order valence-electron chi connectivity index (χ4n) is 1.62. The van der Waals surface area contributed by atoms with Gasteiger partial charge in [-0.25, -0.2) is 4.98 Å². The molecule has 1 atom stereocenters. The first kappa shape index (κ1) is 12.7. The Bertz CT molecular complexity index is 383. The fourth-order valence-corrected chi connectivity index (χ4v) is 1.62. The predicted octanol–water partition coefficient (Wildman–Crippen LogP) is 1.08. The van der Waals surface area contributed by atoms with Gasteiger partial charge in [-0.3, -0.25) is 4.79 Å². The first-order chi connectivity index (χ1) is 7.33. The van der Waals surface area contributed by atoms with Crippen molar-refractivity contribution < 1.29 is 9.90 Å². The molecule has 0 spiro atoms. The molecule has 1 heterocycles. The lowest BCUT2D eigenvalue weighted by atomic mass is 9.97. The van der Waals surface area contributed by atoms with Gasteiger partial charge in [0, 0.05) is 12.7 Å². The Morgan fingerprint density at radius 2 is 2.25 bits per heavy atom. The predicted molar refractivity (Wildman–Crippen MR) is 61.2 cm³/mol. The first-order valence-corrected chi connectivity index (χ1v) is 5.35. The third-order valence-corrected chi connectivity index (χ3v) is 2.68. The van der Waals surface area contributed by atoms with Crippen LogP contribution in [-0.2, 0) is 11.3 Å². The highest BCUT2D eigenvalue weighted by molar-refractivity contribution is 5.77. The lowest BCUT2D eigenvalue weighted by Gasteiger charge is -2.18. The number of carboxylic acids is 1. The van der Waals surface area contributed by atoms with Crippen LogP contribution in [0.5, 0.6) is 0 Å². The van der Waals surface area contributed by atoms with E-state index in [1.54, 1.807) is 6.92 Å². The molecule has 0 bridgehead atoms. The summed E-state index contributed by atoms with van der Waals surface area (Å²) >= 11 is 0. The molecule has 5 nitrogen and oxygen atoms in total. The van der Waals surface area contributed by atoms with Gasteiger partial charge in [0.2, 0.25) is 0 Å². The van der Waals surface area contributed by atoms with Gasteiger partial charge < -0.3 is 15.4 Å². The SMILES string of the molecule is Cc1cn(CCCC(C)(N)C(=O)O)c(C)n1. The maximum absolute atomic E-state index is 10.8. The van der Waals surface area contributed by atoms with E-state index in [1.165, 1.54) is 0 Å². The molecule has 1 aromatic rings. The van der Waals surface area contributed by atoms with Gasteiger partial charge in [0.15, 0.2) is 0 Å². The van der Waals surface area contributed by atoms with Gasteiger partial charge in [-0.1, -0.05) is 0 Å². The summed E-state index contributed by atoms with van der Waals surface area (Å²) in [4.78, 5) is 15.1. The van der Waals surface area contributed by atoms with Crippen molar-refractivity contribution in [3.8, 4) is 0 Å². The molecule has 90 valence electrons. The Balaban J connectivity index is 2.48. The minimum Gasteiger partial charge on any atom is -0.480 e. The molecule has 0 aliphatic carbocycles. The van der Waals surface area contributed by atoms with E-state index < -0.39 is 11.5 Å². The van der Waals surface area contributed by atoms with Gasteiger partial charge >= 0.3 is 5.97 Å². The Morgan fingerprint density at radius 3 is 2.69 bits per heavy atom. The maximum atomic E-state index is 10.8. The Hall–Kier alpha value is -1.36. The third-order valence-electron chi connectivity index (χ3n) is 2.68. The summed E-state index contributed by atoms with van der Waals surface area (Å²) in [5.74, 6) is -0.00224. The number of hydrogen-bond acceptors (Lipinski definition) is 3. The smallest absolute Gasteiger partial charge is 0.323 e. The van der Waals surface area contributed by atoms with E-state index in [2.05, 4.69) is 4.98 Å². The average Bonchev–Trinajstić information content (AvgIpc) is 2.44. The second-order valence-electron chi connectivity index (χ2n) is 4.45. The number of rotatable bonds is 5. The standard InChI is InChI=1S/C11H19N3O2/c1-8-7-14(9(2)13-8)6-4-5-11(3,12)10(15)16/h7H,4-6,12H2,1-3H3,(H,15,16). The summed E-state index contributed by atoms with van der Waals surface area (Å²) in [5, 5.41) is 8.85. The number of aliphatic carboxylic acids is 1. The monoisotopic (exact) mass is 225 g/mol. The highest BCUT2D eigenvalue weighted by atomic mass is 16.4. The third kappa shape index (κ3) is 3.06. The zero-order valence-electron chi connectivity index (χ0n) is 10.0. The summed E-state index contributed by atoms with van der Waals surface area (Å²) < 4.78 is 2.02. The van der Waals surface area contributed by atoms with Crippen LogP contribution in [0.2, 0.25) is 0 Å². The Morgan fingerprint density at radius 1 is 1.62 bits per heavy atom. The number of nitrogens with two attached hydrogens (primary N) is 1. The summed E-state index contributed by atoms with van der Waals surface area (Å²) in [7, 11) is 0. The van der Waals surface area contributed by atoms with Crippen LogP contribution >= 0.6 is 0 Å². The largest absolute Gasteiger partial charge is 0.480 e. The van der Waals surface area contributed by atoms with Crippen LogP contribution in [0.15, 0.2) is 6.20 Å². The molecule has 1 aromatic heterocycles. The molecule has 0 saturated heterocycles. The minimum atomic E-state index is -1.14. The fraction of sp³-hybridized carbons (Fsp3) is 0.636. The molecule has 5 heteroatoms. The molecule has 0 saturated carbocycles. The van der Waals surface area contributed by atoms with Crippen molar-refractivity contribution in [2.45, 2.75) is 45.7 Å². The van der Waals surface area contributed by atoms with Crippen molar-refractivity contribution in [1.82, 2.24) is 9.55 Å². The lowest BCUT2D eigenvalue weighted by Crippen LogP contribution is -2.44. The van der Waals surface area contributed by atoms with Crippen molar-refractivity contribution >= 4 is 5.97 Å². The molecular formula is C11H19N3O2. The number of carbonyl (C=O) groups is 1. The quantitative estimate of drug-likeness (QED) is 0.785. The molecule has 1 unspecified atom stereocenters. The van der Waals surface area contributed by atoms with E-state index in [0.29, 0.717) is 6.42 Å². The topological polar surface area (TPSA) is 81.1 Å².